The number of hydrogen-bond donors (Lipinski definition) is 1. The minimum atomic E-state index is -0.0591. The number of rotatable bonds is 2. The molecular formula is C15H26Cl2N4S2. The van der Waals surface area contributed by atoms with Gasteiger partial charge in [0.2, 0.25) is 0 Å². The van der Waals surface area contributed by atoms with Gasteiger partial charge < -0.3 is 10.2 Å². The lowest BCUT2D eigenvalue weighted by Crippen LogP contribution is -2.49. The summed E-state index contributed by atoms with van der Waals surface area (Å²) < 4.78 is 0. The second-order valence-electron chi connectivity index (χ2n) is 7.53. The Bertz CT molecular complexity index is 568. The fourth-order valence-corrected chi connectivity index (χ4v) is 4.78. The van der Waals surface area contributed by atoms with Gasteiger partial charge in [-0.3, -0.25) is 9.98 Å². The SMILES string of the molecule is CC1(C)CN2C(CSC3=NC(C)(C)C(C)(C)N3)=CSC2=N1.Cl.Cl. The molecule has 132 valence electrons. The summed E-state index contributed by atoms with van der Waals surface area (Å²) in [7, 11) is 0. The average molecular weight is 397 g/mol. The lowest BCUT2D eigenvalue weighted by atomic mass is 9.85. The highest BCUT2D eigenvalue weighted by Crippen LogP contribution is 2.38. The molecule has 0 amide bonds. The molecule has 1 N–H and O–H groups in total. The van der Waals surface area contributed by atoms with Crippen molar-refractivity contribution in [2.24, 2.45) is 9.98 Å². The quantitative estimate of drug-likeness (QED) is 0.761. The number of amidine groups is 2. The maximum absolute atomic E-state index is 4.83. The molecule has 0 spiro atoms. The van der Waals surface area contributed by atoms with Crippen LogP contribution >= 0.6 is 48.3 Å². The van der Waals surface area contributed by atoms with Crippen LogP contribution in [0.1, 0.15) is 41.5 Å². The van der Waals surface area contributed by atoms with E-state index < -0.39 is 0 Å². The van der Waals surface area contributed by atoms with E-state index in [1.165, 1.54) is 5.70 Å². The van der Waals surface area contributed by atoms with Gasteiger partial charge in [-0.1, -0.05) is 23.5 Å². The molecule has 3 rings (SSSR count). The summed E-state index contributed by atoms with van der Waals surface area (Å²) in [4.78, 5) is 11.9. The molecule has 0 unspecified atom stereocenters. The molecule has 0 fully saturated rings. The molecular weight excluding hydrogens is 371 g/mol. The Morgan fingerprint density at radius 1 is 1.17 bits per heavy atom. The molecule has 0 aromatic rings. The summed E-state index contributed by atoms with van der Waals surface area (Å²) in [6.45, 7) is 14.2. The van der Waals surface area contributed by atoms with Crippen LogP contribution in [-0.2, 0) is 0 Å². The Balaban J connectivity index is 0.00000132. The molecule has 8 heteroatoms. The highest BCUT2D eigenvalue weighted by Gasteiger charge is 2.43. The van der Waals surface area contributed by atoms with Crippen molar-refractivity contribution >= 4 is 58.7 Å². The number of thioether (sulfide) groups is 2. The van der Waals surface area contributed by atoms with E-state index in [0.717, 1.165) is 22.6 Å². The van der Waals surface area contributed by atoms with Gasteiger partial charge in [0, 0.05) is 18.0 Å². The smallest absolute Gasteiger partial charge is 0.168 e. The van der Waals surface area contributed by atoms with Crippen LogP contribution in [0, 0.1) is 0 Å². The second kappa shape index (κ2) is 6.70. The first kappa shape index (κ1) is 21.0. The van der Waals surface area contributed by atoms with Gasteiger partial charge in [-0.25, -0.2) is 0 Å². The van der Waals surface area contributed by atoms with E-state index in [2.05, 4.69) is 57.2 Å². The van der Waals surface area contributed by atoms with E-state index >= 15 is 0 Å². The van der Waals surface area contributed by atoms with Crippen molar-refractivity contribution in [1.82, 2.24) is 10.2 Å². The Kier molecular flexibility index (Phi) is 6.11. The number of halogens is 2. The summed E-state index contributed by atoms with van der Waals surface area (Å²) in [5.41, 5.74) is 1.34. The van der Waals surface area contributed by atoms with E-state index in [4.69, 9.17) is 9.98 Å². The molecule has 23 heavy (non-hydrogen) atoms. The largest absolute Gasteiger partial charge is 0.358 e. The van der Waals surface area contributed by atoms with Crippen LogP contribution in [0.4, 0.5) is 0 Å². The molecule has 0 bridgehead atoms. The van der Waals surface area contributed by atoms with Gasteiger partial charge in [0.05, 0.1) is 16.6 Å². The molecule has 4 nitrogen and oxygen atoms in total. The zero-order chi connectivity index (χ0) is 15.5. The summed E-state index contributed by atoms with van der Waals surface area (Å²) >= 11 is 3.54. The number of fused-ring (bicyclic) bond motifs is 1. The monoisotopic (exact) mass is 396 g/mol. The lowest BCUT2D eigenvalue weighted by Gasteiger charge is -2.32. The summed E-state index contributed by atoms with van der Waals surface area (Å²) in [5, 5.41) is 7.99. The van der Waals surface area contributed by atoms with Crippen LogP contribution < -0.4 is 5.32 Å². The van der Waals surface area contributed by atoms with Crippen molar-refractivity contribution in [3.8, 4) is 0 Å². The first-order chi connectivity index (χ1) is 9.60. The molecule has 0 aromatic heterocycles. The topological polar surface area (TPSA) is 40.0 Å². The van der Waals surface area contributed by atoms with Gasteiger partial charge in [-0.2, -0.15) is 0 Å². The summed E-state index contributed by atoms with van der Waals surface area (Å²) in [6.07, 6.45) is 0. The van der Waals surface area contributed by atoms with Gasteiger partial charge in [-0.05, 0) is 47.0 Å². The lowest BCUT2D eigenvalue weighted by molar-refractivity contribution is 0.310. The van der Waals surface area contributed by atoms with Crippen molar-refractivity contribution in [3.63, 3.8) is 0 Å². The van der Waals surface area contributed by atoms with Gasteiger partial charge >= 0.3 is 0 Å². The molecule has 3 aliphatic heterocycles. The third kappa shape index (κ3) is 3.97. The van der Waals surface area contributed by atoms with E-state index in [1.807, 2.05) is 0 Å². The van der Waals surface area contributed by atoms with Crippen LogP contribution in [0.3, 0.4) is 0 Å². The zero-order valence-corrected chi connectivity index (χ0v) is 17.7. The third-order valence-electron chi connectivity index (χ3n) is 4.51. The van der Waals surface area contributed by atoms with Crippen LogP contribution in [0.25, 0.3) is 0 Å². The fraction of sp³-hybridized carbons (Fsp3) is 0.733. The van der Waals surface area contributed by atoms with E-state index in [1.54, 1.807) is 23.5 Å². The van der Waals surface area contributed by atoms with Crippen molar-refractivity contribution in [1.29, 1.82) is 0 Å². The van der Waals surface area contributed by atoms with E-state index in [0.29, 0.717) is 0 Å². The van der Waals surface area contributed by atoms with Gasteiger partial charge in [0.1, 0.15) is 0 Å². The van der Waals surface area contributed by atoms with E-state index in [9.17, 15) is 0 Å². The molecule has 0 aliphatic carbocycles. The third-order valence-corrected chi connectivity index (χ3v) is 6.33. The molecule has 0 radical (unpaired) electrons. The average Bonchev–Trinajstić information content (AvgIpc) is 2.86. The molecule has 0 saturated heterocycles. The highest BCUT2D eigenvalue weighted by atomic mass is 35.5. The molecule has 0 aromatic carbocycles. The zero-order valence-electron chi connectivity index (χ0n) is 14.5. The maximum Gasteiger partial charge on any atom is 0.168 e. The van der Waals surface area contributed by atoms with Crippen molar-refractivity contribution in [3.05, 3.63) is 11.1 Å². The Morgan fingerprint density at radius 2 is 1.83 bits per heavy atom. The standard InChI is InChI=1S/C15H24N4S2.2ClH/c1-13(2)9-19-10(8-21-12(19)18-13)7-20-11-16-14(3,4)15(5,6)17-11;;/h8H,7,9H2,1-6H3,(H,16,17);2*1H. The minimum absolute atomic E-state index is 0. The maximum atomic E-state index is 4.83. The van der Waals surface area contributed by atoms with Crippen molar-refractivity contribution in [2.75, 3.05) is 12.3 Å². The fourth-order valence-electron chi connectivity index (χ4n) is 2.47. The Morgan fingerprint density at radius 3 is 2.39 bits per heavy atom. The second-order valence-corrected chi connectivity index (χ2v) is 9.34. The Labute approximate surface area is 160 Å². The van der Waals surface area contributed by atoms with Crippen LogP contribution in [0.5, 0.6) is 0 Å². The molecule has 0 atom stereocenters. The molecule has 3 heterocycles. The number of nitrogens with one attached hydrogen (secondary N) is 1. The predicted octanol–water partition coefficient (Wildman–Crippen LogP) is 4.12. The summed E-state index contributed by atoms with van der Waals surface area (Å²) in [5.74, 6) is 0.945. The van der Waals surface area contributed by atoms with Crippen LogP contribution in [0.15, 0.2) is 21.1 Å². The summed E-state index contributed by atoms with van der Waals surface area (Å²) in [6, 6.07) is 0. The van der Waals surface area contributed by atoms with Crippen molar-refractivity contribution in [2.45, 2.75) is 58.2 Å². The highest BCUT2D eigenvalue weighted by molar-refractivity contribution is 8.17. The minimum Gasteiger partial charge on any atom is -0.358 e. The van der Waals surface area contributed by atoms with E-state index in [-0.39, 0.29) is 41.4 Å². The van der Waals surface area contributed by atoms with Gasteiger partial charge in [0.25, 0.3) is 0 Å². The van der Waals surface area contributed by atoms with Crippen LogP contribution in [-0.4, -0.2) is 44.1 Å². The van der Waals surface area contributed by atoms with Gasteiger partial charge in [-0.15, -0.1) is 24.8 Å². The van der Waals surface area contributed by atoms with Crippen LogP contribution in [0.2, 0.25) is 0 Å². The normalized spacial score (nSPS) is 25.5. The van der Waals surface area contributed by atoms with Crippen molar-refractivity contribution < 1.29 is 0 Å². The Hall–Kier alpha value is -0.0400. The molecule has 3 aliphatic rings. The number of nitrogens with zero attached hydrogens (tertiary/aromatic N) is 3. The predicted molar refractivity (Wildman–Crippen MR) is 110 cm³/mol. The number of hydrogen-bond acceptors (Lipinski definition) is 6. The number of aliphatic imine (C=N–C) groups is 2. The van der Waals surface area contributed by atoms with Gasteiger partial charge in [0.15, 0.2) is 10.3 Å². The first-order valence-corrected chi connectivity index (χ1v) is 9.20. The molecule has 0 saturated carbocycles. The first-order valence-electron chi connectivity index (χ1n) is 7.34.